The number of hydrogen-bond acceptors (Lipinski definition) is 0. The van der Waals surface area contributed by atoms with Crippen molar-refractivity contribution >= 4 is 23.9 Å². The van der Waals surface area contributed by atoms with E-state index in [0.29, 0.717) is 0 Å². The zero-order chi connectivity index (χ0) is 0. The van der Waals surface area contributed by atoms with E-state index in [0.717, 1.165) is 0 Å². The first-order valence-electron chi connectivity index (χ1n) is 0. The van der Waals surface area contributed by atoms with Crippen molar-refractivity contribution in [2.75, 3.05) is 0 Å². The molecule has 0 aliphatic heterocycles. The van der Waals surface area contributed by atoms with Crippen LogP contribution in [0.3, 0.4) is 0 Å². The minimum atomic E-state index is 0. The molecule has 33 valence electrons. The molecule has 0 fully saturated rings. The molecular formula is CuO3Sn. The van der Waals surface area contributed by atoms with Crippen LogP contribution in [0.15, 0.2) is 0 Å². The molecule has 0 saturated heterocycles. The van der Waals surface area contributed by atoms with Crippen molar-refractivity contribution in [2.45, 2.75) is 0 Å². The summed E-state index contributed by atoms with van der Waals surface area (Å²) in [6.45, 7) is 0. The summed E-state index contributed by atoms with van der Waals surface area (Å²) < 4.78 is 0. The van der Waals surface area contributed by atoms with Crippen LogP contribution >= 0.6 is 0 Å². The second-order valence-electron chi connectivity index (χ2n) is 0. The van der Waals surface area contributed by atoms with Crippen molar-refractivity contribution in [1.29, 1.82) is 0 Å². The Kier molecular flexibility index (Phi) is 1490. The van der Waals surface area contributed by atoms with Crippen molar-refractivity contribution in [3.05, 3.63) is 0 Å². The Labute approximate surface area is 57.5 Å². The van der Waals surface area contributed by atoms with Crippen LogP contribution in [-0.2, 0) is 33.5 Å². The molecule has 0 aromatic rings. The predicted octanol–water partition coefficient (Wildman–Crippen LogP) is -0.740. The van der Waals surface area contributed by atoms with E-state index >= 15 is 0 Å². The summed E-state index contributed by atoms with van der Waals surface area (Å²) in [6, 6.07) is 0. The molecule has 0 aromatic heterocycles. The average Bonchev–Trinajstić information content (AvgIpc) is 0. The van der Waals surface area contributed by atoms with Crippen LogP contribution in [0.1, 0.15) is 0 Å². The van der Waals surface area contributed by atoms with Crippen molar-refractivity contribution in [3.63, 3.8) is 0 Å². The van der Waals surface area contributed by atoms with E-state index in [-0.39, 0.29) is 57.4 Å². The average molecular weight is 230 g/mol. The molecule has 0 aromatic carbocycles. The molecule has 1 radical (unpaired) electrons. The van der Waals surface area contributed by atoms with E-state index in [4.69, 9.17) is 0 Å². The second-order valence-corrected chi connectivity index (χ2v) is 0. The summed E-state index contributed by atoms with van der Waals surface area (Å²) in [7, 11) is 0. The van der Waals surface area contributed by atoms with Crippen LogP contribution in [0.4, 0.5) is 0 Å². The van der Waals surface area contributed by atoms with Gasteiger partial charge in [0.1, 0.15) is 0 Å². The Balaban J connectivity index is 0. The van der Waals surface area contributed by atoms with Gasteiger partial charge in [0.2, 0.25) is 0 Å². The molecular weight excluding hydrogens is 230 g/mol. The van der Waals surface area contributed by atoms with Gasteiger partial charge in [-0.1, -0.05) is 0 Å². The molecule has 0 spiro atoms. The zero-order valence-corrected chi connectivity index (χ0v) is 5.82. The molecule has 0 unspecified atom stereocenters. The molecule has 0 rings (SSSR count). The first kappa shape index (κ1) is 117. The summed E-state index contributed by atoms with van der Waals surface area (Å²) in [5.74, 6) is 0. The minimum Gasteiger partial charge on any atom is -2.00 e. The SMILES string of the molecule is [Cu+2].[O-2].[O-2].[O-2].[Sn+4]. The standard InChI is InChI=1S/Cu.3O.Sn/q+2;3*-2;+4. The van der Waals surface area contributed by atoms with Crippen molar-refractivity contribution in [2.24, 2.45) is 0 Å². The summed E-state index contributed by atoms with van der Waals surface area (Å²) in [6.07, 6.45) is 0. The Morgan fingerprint density at radius 1 is 0.600 bits per heavy atom. The molecule has 0 saturated carbocycles. The largest absolute Gasteiger partial charge is 4.00 e. The van der Waals surface area contributed by atoms with Crippen LogP contribution in [0, 0.1) is 0 Å². The van der Waals surface area contributed by atoms with Crippen LogP contribution in [0.5, 0.6) is 0 Å². The first-order chi connectivity index (χ1) is 0. The Bertz CT molecular complexity index is 6.85. The van der Waals surface area contributed by atoms with Crippen LogP contribution in [-0.4, -0.2) is 23.9 Å². The maximum Gasteiger partial charge on any atom is 4.00 e. The molecule has 0 heterocycles. The molecule has 0 bridgehead atoms. The number of rotatable bonds is 0. The van der Waals surface area contributed by atoms with Gasteiger partial charge in [-0.15, -0.1) is 0 Å². The summed E-state index contributed by atoms with van der Waals surface area (Å²) in [5.41, 5.74) is 0. The molecule has 5 heavy (non-hydrogen) atoms. The third-order valence-electron chi connectivity index (χ3n) is 0. The fourth-order valence-corrected chi connectivity index (χ4v) is 0. The quantitative estimate of drug-likeness (QED) is 0.491. The van der Waals surface area contributed by atoms with E-state index in [1.807, 2.05) is 0 Å². The normalized spacial score (nSPS) is 0. The molecule has 0 atom stereocenters. The molecule has 0 aliphatic carbocycles. The van der Waals surface area contributed by atoms with Gasteiger partial charge in [0, 0.05) is 0 Å². The summed E-state index contributed by atoms with van der Waals surface area (Å²) in [5, 5.41) is 0. The Hall–Kier alpha value is 1.20. The Morgan fingerprint density at radius 2 is 0.600 bits per heavy atom. The monoisotopic (exact) mass is 231 g/mol. The summed E-state index contributed by atoms with van der Waals surface area (Å²) >= 11 is 0. The topological polar surface area (TPSA) is 85.5 Å². The van der Waals surface area contributed by atoms with Crippen LogP contribution < -0.4 is 0 Å². The van der Waals surface area contributed by atoms with Gasteiger partial charge in [-0.3, -0.25) is 0 Å². The zero-order valence-electron chi connectivity index (χ0n) is 2.03. The maximum atomic E-state index is 0. The van der Waals surface area contributed by atoms with Gasteiger partial charge in [-0.2, -0.15) is 0 Å². The van der Waals surface area contributed by atoms with Gasteiger partial charge in [-0.25, -0.2) is 0 Å². The third-order valence-corrected chi connectivity index (χ3v) is 0. The molecule has 0 amide bonds. The molecule has 3 nitrogen and oxygen atoms in total. The van der Waals surface area contributed by atoms with Crippen molar-refractivity contribution in [3.8, 4) is 0 Å². The smallest absolute Gasteiger partial charge is 2.00 e. The first-order valence-corrected chi connectivity index (χ1v) is 0. The van der Waals surface area contributed by atoms with E-state index in [9.17, 15) is 0 Å². The van der Waals surface area contributed by atoms with Gasteiger partial charge in [0.15, 0.2) is 0 Å². The van der Waals surface area contributed by atoms with Crippen molar-refractivity contribution < 1.29 is 33.5 Å². The second kappa shape index (κ2) is 63.8. The van der Waals surface area contributed by atoms with Gasteiger partial charge in [-0.05, 0) is 0 Å². The van der Waals surface area contributed by atoms with E-state index in [2.05, 4.69) is 0 Å². The van der Waals surface area contributed by atoms with Crippen LogP contribution in [0.25, 0.3) is 0 Å². The van der Waals surface area contributed by atoms with Gasteiger partial charge >= 0.3 is 41.0 Å². The third kappa shape index (κ3) is 37.0. The molecule has 0 N–H and O–H groups in total. The van der Waals surface area contributed by atoms with Gasteiger partial charge < -0.3 is 16.4 Å². The molecule has 5 heteroatoms. The molecule has 0 aliphatic rings. The maximum absolute atomic E-state index is 0. The van der Waals surface area contributed by atoms with Gasteiger partial charge in [0.05, 0.1) is 0 Å². The van der Waals surface area contributed by atoms with E-state index < -0.39 is 0 Å². The van der Waals surface area contributed by atoms with Gasteiger partial charge in [0.25, 0.3) is 0 Å². The number of hydrogen-bond donors (Lipinski definition) is 0. The van der Waals surface area contributed by atoms with Crippen molar-refractivity contribution in [1.82, 2.24) is 0 Å². The predicted molar refractivity (Wildman–Crippen MR) is 7.81 cm³/mol. The fourth-order valence-electron chi connectivity index (χ4n) is 0. The minimum absolute atomic E-state index is 0. The van der Waals surface area contributed by atoms with E-state index in [1.165, 1.54) is 0 Å². The van der Waals surface area contributed by atoms with Crippen LogP contribution in [0.2, 0.25) is 0 Å². The summed E-state index contributed by atoms with van der Waals surface area (Å²) in [4.78, 5) is 0. The van der Waals surface area contributed by atoms with E-state index in [1.54, 1.807) is 0 Å². The Morgan fingerprint density at radius 3 is 0.600 bits per heavy atom. The fraction of sp³-hybridized carbons (Fsp3) is 0.